The molecule has 1 aromatic rings. The zero-order valence-electron chi connectivity index (χ0n) is 11.6. The summed E-state index contributed by atoms with van der Waals surface area (Å²) in [6.45, 7) is 5.96. The van der Waals surface area contributed by atoms with Crippen LogP contribution < -0.4 is 10.2 Å². The van der Waals surface area contributed by atoms with Crippen molar-refractivity contribution >= 4 is 17.4 Å². The maximum atomic E-state index is 11.6. The van der Waals surface area contributed by atoms with Crippen LogP contribution in [0.4, 0.5) is 11.5 Å². The molecule has 2 heterocycles. The Morgan fingerprint density at radius 1 is 1.26 bits per heavy atom. The second-order valence-corrected chi connectivity index (χ2v) is 5.16. The standard InChI is InChI=1S/C15H21N3O/c1-12(2)10-15(19)17-13-6-7-14(16-11-13)18-8-4-3-5-9-18/h6-7,10-11H,3-5,8-9H2,1-2H3,(H,17,19). The van der Waals surface area contributed by atoms with Gasteiger partial charge in [-0.15, -0.1) is 0 Å². The number of hydrogen-bond donors (Lipinski definition) is 1. The molecule has 0 bridgehead atoms. The zero-order valence-corrected chi connectivity index (χ0v) is 11.6. The van der Waals surface area contributed by atoms with Crippen LogP contribution in [0, 0.1) is 0 Å². The van der Waals surface area contributed by atoms with Gasteiger partial charge in [-0.2, -0.15) is 0 Å². The van der Waals surface area contributed by atoms with Gasteiger partial charge in [-0.05, 0) is 45.2 Å². The lowest BCUT2D eigenvalue weighted by atomic mass is 10.1. The minimum absolute atomic E-state index is 0.104. The Hall–Kier alpha value is -1.84. The Labute approximate surface area is 114 Å². The molecule has 2 rings (SSSR count). The van der Waals surface area contributed by atoms with Gasteiger partial charge in [-0.1, -0.05) is 5.57 Å². The molecular formula is C15H21N3O. The van der Waals surface area contributed by atoms with Crippen molar-refractivity contribution in [3.05, 3.63) is 30.0 Å². The fraction of sp³-hybridized carbons (Fsp3) is 0.467. The second-order valence-electron chi connectivity index (χ2n) is 5.16. The van der Waals surface area contributed by atoms with Crippen molar-refractivity contribution in [2.45, 2.75) is 33.1 Å². The third kappa shape index (κ3) is 4.09. The number of pyridine rings is 1. The normalized spacial score (nSPS) is 14.9. The van der Waals surface area contributed by atoms with Crippen LogP contribution in [-0.2, 0) is 4.79 Å². The van der Waals surface area contributed by atoms with Gasteiger partial charge in [0, 0.05) is 19.2 Å². The lowest BCUT2D eigenvalue weighted by Crippen LogP contribution is -2.30. The topological polar surface area (TPSA) is 45.2 Å². The highest BCUT2D eigenvalue weighted by molar-refractivity contribution is 5.99. The van der Waals surface area contributed by atoms with Crippen LogP contribution in [-0.4, -0.2) is 24.0 Å². The highest BCUT2D eigenvalue weighted by Gasteiger charge is 2.11. The molecular weight excluding hydrogens is 238 g/mol. The molecule has 1 aromatic heterocycles. The van der Waals surface area contributed by atoms with E-state index in [9.17, 15) is 4.79 Å². The third-order valence-electron chi connectivity index (χ3n) is 3.12. The Morgan fingerprint density at radius 3 is 2.58 bits per heavy atom. The van der Waals surface area contributed by atoms with E-state index in [0.717, 1.165) is 30.2 Å². The van der Waals surface area contributed by atoms with Crippen molar-refractivity contribution in [2.24, 2.45) is 0 Å². The molecule has 1 saturated heterocycles. The maximum Gasteiger partial charge on any atom is 0.248 e. The van der Waals surface area contributed by atoms with Gasteiger partial charge in [0.1, 0.15) is 5.82 Å². The van der Waals surface area contributed by atoms with Crippen molar-refractivity contribution in [3.63, 3.8) is 0 Å². The number of allylic oxidation sites excluding steroid dienone is 1. The SMILES string of the molecule is CC(C)=CC(=O)Nc1ccc(N2CCCCC2)nc1. The number of nitrogens with one attached hydrogen (secondary N) is 1. The largest absolute Gasteiger partial charge is 0.357 e. The van der Waals surface area contributed by atoms with Crippen molar-refractivity contribution in [3.8, 4) is 0 Å². The maximum absolute atomic E-state index is 11.6. The summed E-state index contributed by atoms with van der Waals surface area (Å²) in [5, 5.41) is 2.81. The minimum Gasteiger partial charge on any atom is -0.357 e. The van der Waals surface area contributed by atoms with E-state index >= 15 is 0 Å². The summed E-state index contributed by atoms with van der Waals surface area (Å²) in [7, 11) is 0. The minimum atomic E-state index is -0.104. The molecule has 4 heteroatoms. The first-order valence-electron chi connectivity index (χ1n) is 6.82. The number of rotatable bonds is 3. The molecule has 1 amide bonds. The van der Waals surface area contributed by atoms with E-state index < -0.39 is 0 Å². The van der Waals surface area contributed by atoms with Crippen molar-refractivity contribution in [1.29, 1.82) is 0 Å². The number of aromatic nitrogens is 1. The van der Waals surface area contributed by atoms with Crippen LogP contribution >= 0.6 is 0 Å². The van der Waals surface area contributed by atoms with Gasteiger partial charge in [0.05, 0.1) is 11.9 Å². The van der Waals surface area contributed by atoms with Crippen LogP contribution in [0.25, 0.3) is 0 Å². The smallest absolute Gasteiger partial charge is 0.248 e. The molecule has 0 aromatic carbocycles. The van der Waals surface area contributed by atoms with Gasteiger partial charge in [-0.25, -0.2) is 4.98 Å². The monoisotopic (exact) mass is 259 g/mol. The van der Waals surface area contributed by atoms with Gasteiger partial charge in [-0.3, -0.25) is 4.79 Å². The lowest BCUT2D eigenvalue weighted by molar-refractivity contribution is -0.111. The summed E-state index contributed by atoms with van der Waals surface area (Å²) < 4.78 is 0. The molecule has 1 N–H and O–H groups in total. The summed E-state index contributed by atoms with van der Waals surface area (Å²) >= 11 is 0. The molecule has 0 spiro atoms. The van der Waals surface area contributed by atoms with Crippen LogP contribution in [0.15, 0.2) is 30.0 Å². The van der Waals surface area contributed by atoms with Crippen LogP contribution in [0.5, 0.6) is 0 Å². The van der Waals surface area contributed by atoms with Crippen LogP contribution in [0.3, 0.4) is 0 Å². The first kappa shape index (κ1) is 13.6. The summed E-state index contributed by atoms with van der Waals surface area (Å²) in [5.74, 6) is 0.896. The van der Waals surface area contributed by atoms with Crippen molar-refractivity contribution in [2.75, 3.05) is 23.3 Å². The number of nitrogens with zero attached hydrogens (tertiary/aromatic N) is 2. The third-order valence-corrected chi connectivity index (χ3v) is 3.12. The molecule has 0 atom stereocenters. The highest BCUT2D eigenvalue weighted by atomic mass is 16.1. The average Bonchev–Trinajstić information content (AvgIpc) is 2.39. The predicted octanol–water partition coefficient (Wildman–Crippen LogP) is 2.98. The van der Waals surface area contributed by atoms with E-state index in [2.05, 4.69) is 15.2 Å². The summed E-state index contributed by atoms with van der Waals surface area (Å²) in [6.07, 6.45) is 7.09. The number of carbonyl (C=O) groups excluding carboxylic acids is 1. The number of piperidine rings is 1. The number of amides is 1. The molecule has 102 valence electrons. The van der Waals surface area contributed by atoms with E-state index in [0.29, 0.717) is 0 Å². The summed E-state index contributed by atoms with van der Waals surface area (Å²) in [6, 6.07) is 3.89. The molecule has 0 saturated carbocycles. The van der Waals surface area contributed by atoms with Gasteiger partial charge in [0.15, 0.2) is 0 Å². The van der Waals surface area contributed by atoms with Gasteiger partial charge >= 0.3 is 0 Å². The zero-order chi connectivity index (χ0) is 13.7. The predicted molar refractivity (Wildman–Crippen MR) is 78.4 cm³/mol. The Bertz CT molecular complexity index is 455. The molecule has 0 unspecified atom stereocenters. The molecule has 19 heavy (non-hydrogen) atoms. The fourth-order valence-electron chi connectivity index (χ4n) is 2.21. The Kier molecular flexibility index (Phi) is 4.55. The van der Waals surface area contributed by atoms with E-state index in [-0.39, 0.29) is 5.91 Å². The van der Waals surface area contributed by atoms with Crippen LogP contribution in [0.1, 0.15) is 33.1 Å². The van der Waals surface area contributed by atoms with Gasteiger partial charge in [0.25, 0.3) is 0 Å². The molecule has 1 aliphatic rings. The fourth-order valence-corrected chi connectivity index (χ4v) is 2.21. The first-order valence-corrected chi connectivity index (χ1v) is 6.82. The quantitative estimate of drug-likeness (QED) is 0.849. The number of carbonyl (C=O) groups is 1. The van der Waals surface area contributed by atoms with E-state index in [1.165, 1.54) is 19.3 Å². The van der Waals surface area contributed by atoms with Crippen molar-refractivity contribution < 1.29 is 4.79 Å². The Balaban J connectivity index is 1.98. The molecule has 4 nitrogen and oxygen atoms in total. The van der Waals surface area contributed by atoms with Crippen molar-refractivity contribution in [1.82, 2.24) is 4.98 Å². The van der Waals surface area contributed by atoms with E-state index in [1.54, 1.807) is 12.3 Å². The molecule has 1 fully saturated rings. The van der Waals surface area contributed by atoms with E-state index in [1.807, 2.05) is 26.0 Å². The first-order chi connectivity index (χ1) is 9.15. The molecule has 1 aliphatic heterocycles. The van der Waals surface area contributed by atoms with Crippen LogP contribution in [0.2, 0.25) is 0 Å². The summed E-state index contributed by atoms with van der Waals surface area (Å²) in [5.41, 5.74) is 1.72. The van der Waals surface area contributed by atoms with Gasteiger partial charge < -0.3 is 10.2 Å². The average molecular weight is 259 g/mol. The molecule has 0 aliphatic carbocycles. The summed E-state index contributed by atoms with van der Waals surface area (Å²) in [4.78, 5) is 18.3. The molecule has 0 radical (unpaired) electrons. The Morgan fingerprint density at radius 2 is 2.00 bits per heavy atom. The highest BCUT2D eigenvalue weighted by Crippen LogP contribution is 2.18. The number of anilines is 2. The van der Waals surface area contributed by atoms with E-state index in [4.69, 9.17) is 0 Å². The van der Waals surface area contributed by atoms with Gasteiger partial charge in [0.2, 0.25) is 5.91 Å². The second kappa shape index (κ2) is 6.36. The number of hydrogen-bond acceptors (Lipinski definition) is 3. The lowest BCUT2D eigenvalue weighted by Gasteiger charge is -2.27.